The third kappa shape index (κ3) is 2.33. The fraction of sp³-hybridized carbons (Fsp3) is 0.417. The second kappa shape index (κ2) is 4.97. The summed E-state index contributed by atoms with van der Waals surface area (Å²) in [7, 11) is 0. The molecule has 1 heterocycles. The third-order valence-electron chi connectivity index (χ3n) is 3.11. The summed E-state index contributed by atoms with van der Waals surface area (Å²) >= 11 is 0. The van der Waals surface area contributed by atoms with E-state index in [9.17, 15) is 18.0 Å². The lowest BCUT2D eigenvalue weighted by Crippen LogP contribution is -2.40. The molecule has 1 fully saturated rings. The minimum Gasteiger partial charge on any atom is -0.348 e. The van der Waals surface area contributed by atoms with Crippen molar-refractivity contribution < 1.29 is 18.0 Å². The van der Waals surface area contributed by atoms with Gasteiger partial charge in [0, 0.05) is 12.6 Å². The van der Waals surface area contributed by atoms with Gasteiger partial charge in [-0.15, -0.1) is 0 Å². The van der Waals surface area contributed by atoms with Crippen molar-refractivity contribution in [1.82, 2.24) is 10.6 Å². The molecule has 1 aromatic rings. The molecular formula is C12H13F3N2O. The second-order valence-corrected chi connectivity index (χ2v) is 4.44. The van der Waals surface area contributed by atoms with E-state index < -0.39 is 28.9 Å². The molecule has 0 aromatic heterocycles. The molecule has 1 aliphatic rings. The third-order valence-corrected chi connectivity index (χ3v) is 3.11. The molecule has 6 heteroatoms. The van der Waals surface area contributed by atoms with Gasteiger partial charge in [-0.3, -0.25) is 4.79 Å². The highest BCUT2D eigenvalue weighted by molar-refractivity contribution is 5.94. The SMILES string of the molecule is CC1CNCC1NC(=O)c1ccc(F)c(F)c1F. The molecule has 0 bridgehead atoms. The predicted octanol–water partition coefficient (Wildman–Crippen LogP) is 1.44. The van der Waals surface area contributed by atoms with Gasteiger partial charge in [0.15, 0.2) is 17.5 Å². The summed E-state index contributed by atoms with van der Waals surface area (Å²) in [5, 5.41) is 5.67. The zero-order valence-corrected chi connectivity index (χ0v) is 9.77. The number of amides is 1. The number of halogens is 3. The van der Waals surface area contributed by atoms with Crippen LogP contribution in [0.2, 0.25) is 0 Å². The molecule has 0 spiro atoms. The molecule has 0 radical (unpaired) electrons. The molecule has 1 amide bonds. The molecule has 0 saturated carbocycles. The van der Waals surface area contributed by atoms with Gasteiger partial charge >= 0.3 is 0 Å². The number of carbonyl (C=O) groups excluding carboxylic acids is 1. The minimum atomic E-state index is -1.62. The maximum absolute atomic E-state index is 13.4. The normalized spacial score (nSPS) is 23.1. The molecule has 2 N–H and O–H groups in total. The Morgan fingerprint density at radius 3 is 2.61 bits per heavy atom. The summed E-state index contributed by atoms with van der Waals surface area (Å²) in [5.74, 6) is -4.90. The molecule has 98 valence electrons. The Kier molecular flexibility index (Phi) is 3.56. The smallest absolute Gasteiger partial charge is 0.254 e. The van der Waals surface area contributed by atoms with Crippen molar-refractivity contribution in [2.75, 3.05) is 13.1 Å². The number of hydrogen-bond donors (Lipinski definition) is 2. The van der Waals surface area contributed by atoms with Crippen LogP contribution in [0.15, 0.2) is 12.1 Å². The first kappa shape index (κ1) is 12.9. The van der Waals surface area contributed by atoms with Gasteiger partial charge in [-0.1, -0.05) is 6.92 Å². The first-order valence-electron chi connectivity index (χ1n) is 5.65. The summed E-state index contributed by atoms with van der Waals surface area (Å²) in [6.07, 6.45) is 0. The molecular weight excluding hydrogens is 245 g/mol. The Bertz CT molecular complexity index is 479. The first-order valence-corrected chi connectivity index (χ1v) is 5.65. The Hall–Kier alpha value is -1.56. The van der Waals surface area contributed by atoms with Gasteiger partial charge in [0.1, 0.15) is 0 Å². The number of rotatable bonds is 2. The van der Waals surface area contributed by atoms with Crippen molar-refractivity contribution in [1.29, 1.82) is 0 Å². The van der Waals surface area contributed by atoms with Gasteiger partial charge in [0.2, 0.25) is 0 Å². The molecule has 2 atom stereocenters. The monoisotopic (exact) mass is 258 g/mol. The van der Waals surface area contributed by atoms with E-state index in [1.165, 1.54) is 0 Å². The highest BCUT2D eigenvalue weighted by Crippen LogP contribution is 2.16. The van der Waals surface area contributed by atoms with E-state index in [0.717, 1.165) is 18.7 Å². The number of benzene rings is 1. The van der Waals surface area contributed by atoms with E-state index in [1.807, 2.05) is 6.92 Å². The quantitative estimate of drug-likeness (QED) is 0.788. The molecule has 18 heavy (non-hydrogen) atoms. The fourth-order valence-corrected chi connectivity index (χ4v) is 1.95. The number of hydrogen-bond acceptors (Lipinski definition) is 2. The lowest BCUT2D eigenvalue weighted by Gasteiger charge is -2.16. The lowest BCUT2D eigenvalue weighted by molar-refractivity contribution is 0.0927. The van der Waals surface area contributed by atoms with Crippen LogP contribution >= 0.6 is 0 Å². The average Bonchev–Trinajstić information content (AvgIpc) is 2.72. The Balaban J connectivity index is 2.16. The Morgan fingerprint density at radius 2 is 2.00 bits per heavy atom. The van der Waals surface area contributed by atoms with Crippen LogP contribution < -0.4 is 10.6 Å². The van der Waals surface area contributed by atoms with E-state index in [2.05, 4.69) is 10.6 Å². The number of nitrogens with one attached hydrogen (secondary N) is 2. The van der Waals surface area contributed by atoms with Gasteiger partial charge < -0.3 is 10.6 Å². The standard InChI is InChI=1S/C12H13F3N2O/c1-6-4-16-5-9(6)17-12(18)7-2-3-8(13)11(15)10(7)14/h2-3,6,9,16H,4-5H2,1H3,(H,17,18). The first-order chi connectivity index (χ1) is 8.50. The van der Waals surface area contributed by atoms with Crippen LogP contribution in [0.25, 0.3) is 0 Å². The van der Waals surface area contributed by atoms with Crippen LogP contribution in [-0.4, -0.2) is 25.0 Å². The van der Waals surface area contributed by atoms with E-state index in [4.69, 9.17) is 0 Å². The fourth-order valence-electron chi connectivity index (χ4n) is 1.95. The maximum atomic E-state index is 13.4. The van der Waals surface area contributed by atoms with Gasteiger partial charge in [-0.25, -0.2) is 13.2 Å². The van der Waals surface area contributed by atoms with Gasteiger partial charge in [0.25, 0.3) is 5.91 Å². The van der Waals surface area contributed by atoms with E-state index in [-0.39, 0.29) is 12.0 Å². The highest BCUT2D eigenvalue weighted by Gasteiger charge is 2.26. The van der Waals surface area contributed by atoms with Gasteiger partial charge in [0.05, 0.1) is 5.56 Å². The topological polar surface area (TPSA) is 41.1 Å². The second-order valence-electron chi connectivity index (χ2n) is 4.44. The van der Waals surface area contributed by atoms with Crippen molar-refractivity contribution in [2.45, 2.75) is 13.0 Å². The van der Waals surface area contributed by atoms with Crippen LogP contribution in [0.5, 0.6) is 0 Å². The van der Waals surface area contributed by atoms with Crippen LogP contribution in [0.1, 0.15) is 17.3 Å². The van der Waals surface area contributed by atoms with E-state index >= 15 is 0 Å². The zero-order chi connectivity index (χ0) is 13.3. The highest BCUT2D eigenvalue weighted by atomic mass is 19.2. The van der Waals surface area contributed by atoms with Gasteiger partial charge in [-0.05, 0) is 24.6 Å². The van der Waals surface area contributed by atoms with Crippen molar-refractivity contribution in [3.63, 3.8) is 0 Å². The largest absolute Gasteiger partial charge is 0.348 e. The van der Waals surface area contributed by atoms with Crippen LogP contribution in [-0.2, 0) is 0 Å². The summed E-state index contributed by atoms with van der Waals surface area (Å²) in [4.78, 5) is 11.8. The maximum Gasteiger partial charge on any atom is 0.254 e. The van der Waals surface area contributed by atoms with Crippen LogP contribution in [0.4, 0.5) is 13.2 Å². The molecule has 2 rings (SSSR count). The minimum absolute atomic E-state index is 0.134. The number of carbonyl (C=O) groups is 1. The van der Waals surface area contributed by atoms with Crippen molar-refractivity contribution in [3.05, 3.63) is 35.1 Å². The molecule has 0 aliphatic carbocycles. The lowest BCUT2D eigenvalue weighted by atomic mass is 10.1. The van der Waals surface area contributed by atoms with Crippen LogP contribution in [0.3, 0.4) is 0 Å². The average molecular weight is 258 g/mol. The predicted molar refractivity (Wildman–Crippen MR) is 59.6 cm³/mol. The van der Waals surface area contributed by atoms with Crippen molar-refractivity contribution in [2.24, 2.45) is 5.92 Å². The van der Waals surface area contributed by atoms with E-state index in [1.54, 1.807) is 0 Å². The van der Waals surface area contributed by atoms with Crippen molar-refractivity contribution >= 4 is 5.91 Å². The van der Waals surface area contributed by atoms with E-state index in [0.29, 0.717) is 6.54 Å². The summed E-state index contributed by atoms with van der Waals surface area (Å²) in [6, 6.07) is 1.55. The summed E-state index contributed by atoms with van der Waals surface area (Å²) in [6.45, 7) is 3.27. The Morgan fingerprint density at radius 1 is 1.28 bits per heavy atom. The Labute approximate surface area is 102 Å². The summed E-state index contributed by atoms with van der Waals surface area (Å²) < 4.78 is 39.1. The molecule has 3 nitrogen and oxygen atoms in total. The van der Waals surface area contributed by atoms with Crippen LogP contribution in [0, 0.1) is 23.4 Å². The molecule has 2 unspecified atom stereocenters. The molecule has 1 aromatic carbocycles. The zero-order valence-electron chi connectivity index (χ0n) is 9.77. The molecule has 1 aliphatic heterocycles. The summed E-state index contributed by atoms with van der Waals surface area (Å²) in [5.41, 5.74) is -0.479. The van der Waals surface area contributed by atoms with Gasteiger partial charge in [-0.2, -0.15) is 0 Å². The molecule has 1 saturated heterocycles. The van der Waals surface area contributed by atoms with Crippen molar-refractivity contribution in [3.8, 4) is 0 Å².